The summed E-state index contributed by atoms with van der Waals surface area (Å²) in [4.78, 5) is 18.1. The summed E-state index contributed by atoms with van der Waals surface area (Å²) in [6.45, 7) is 2.63. The normalized spacial score (nSPS) is 10.9. The zero-order valence-electron chi connectivity index (χ0n) is 11.2. The molecule has 19 heavy (non-hydrogen) atoms. The molecule has 5 heteroatoms. The standard InChI is InChI=1S/C14H16N2O2S/c1-9-5-4-6-10(7-9)12-13(14(17)18)19-11(15-12)8-16(2)3/h4-7H,8H2,1-3H3,(H,17,18). The summed E-state index contributed by atoms with van der Waals surface area (Å²) in [5, 5.41) is 10.1. The first-order valence-electron chi connectivity index (χ1n) is 5.92. The van der Waals surface area contributed by atoms with E-state index >= 15 is 0 Å². The van der Waals surface area contributed by atoms with Crippen LogP contribution in [0.2, 0.25) is 0 Å². The van der Waals surface area contributed by atoms with Gasteiger partial charge in [-0.1, -0.05) is 23.8 Å². The van der Waals surface area contributed by atoms with Gasteiger partial charge in [0.1, 0.15) is 9.88 Å². The molecule has 100 valence electrons. The second-order valence-corrected chi connectivity index (χ2v) is 5.78. The van der Waals surface area contributed by atoms with Crippen molar-refractivity contribution in [2.45, 2.75) is 13.5 Å². The quantitative estimate of drug-likeness (QED) is 0.933. The predicted molar refractivity (Wildman–Crippen MR) is 76.6 cm³/mol. The van der Waals surface area contributed by atoms with E-state index in [-0.39, 0.29) is 0 Å². The molecule has 0 saturated heterocycles. The summed E-state index contributed by atoms with van der Waals surface area (Å²) in [6.07, 6.45) is 0. The van der Waals surface area contributed by atoms with Crippen molar-refractivity contribution in [3.05, 3.63) is 39.7 Å². The largest absolute Gasteiger partial charge is 0.477 e. The minimum Gasteiger partial charge on any atom is -0.477 e. The minimum atomic E-state index is -0.918. The van der Waals surface area contributed by atoms with E-state index in [4.69, 9.17) is 0 Å². The number of carboxylic acids is 1. The first-order valence-corrected chi connectivity index (χ1v) is 6.74. The van der Waals surface area contributed by atoms with Gasteiger partial charge in [-0.3, -0.25) is 0 Å². The van der Waals surface area contributed by atoms with Gasteiger partial charge in [0.25, 0.3) is 0 Å². The number of carbonyl (C=O) groups is 1. The van der Waals surface area contributed by atoms with Gasteiger partial charge in [-0.05, 0) is 27.1 Å². The molecule has 0 saturated carbocycles. The number of aryl methyl sites for hydroxylation is 1. The van der Waals surface area contributed by atoms with Crippen LogP contribution in [0.1, 0.15) is 20.2 Å². The third-order valence-corrected chi connectivity index (χ3v) is 3.64. The van der Waals surface area contributed by atoms with Crippen LogP contribution in [0.15, 0.2) is 24.3 Å². The Morgan fingerprint density at radius 3 is 2.74 bits per heavy atom. The monoisotopic (exact) mass is 276 g/mol. The second-order valence-electron chi connectivity index (χ2n) is 4.70. The van der Waals surface area contributed by atoms with Crippen molar-refractivity contribution in [3.63, 3.8) is 0 Å². The fourth-order valence-corrected chi connectivity index (χ4v) is 2.88. The number of benzene rings is 1. The van der Waals surface area contributed by atoms with E-state index in [9.17, 15) is 9.90 Å². The van der Waals surface area contributed by atoms with Gasteiger partial charge in [0, 0.05) is 12.1 Å². The number of carboxylic acid groups (broad SMARTS) is 1. The molecular formula is C14H16N2O2S. The van der Waals surface area contributed by atoms with Crippen molar-refractivity contribution in [1.82, 2.24) is 9.88 Å². The molecule has 0 radical (unpaired) electrons. The second kappa shape index (κ2) is 5.50. The van der Waals surface area contributed by atoms with Crippen LogP contribution in [0.25, 0.3) is 11.3 Å². The molecule has 0 aliphatic heterocycles. The summed E-state index contributed by atoms with van der Waals surface area (Å²) >= 11 is 1.24. The Morgan fingerprint density at radius 1 is 1.42 bits per heavy atom. The van der Waals surface area contributed by atoms with Crippen LogP contribution in [-0.2, 0) is 6.54 Å². The highest BCUT2D eigenvalue weighted by molar-refractivity contribution is 7.14. The molecule has 1 N–H and O–H groups in total. The van der Waals surface area contributed by atoms with E-state index in [0.717, 1.165) is 16.1 Å². The highest BCUT2D eigenvalue weighted by Crippen LogP contribution is 2.29. The zero-order chi connectivity index (χ0) is 14.0. The van der Waals surface area contributed by atoms with Gasteiger partial charge in [-0.15, -0.1) is 11.3 Å². The average molecular weight is 276 g/mol. The molecule has 0 spiro atoms. The maximum absolute atomic E-state index is 11.3. The topological polar surface area (TPSA) is 53.4 Å². The summed E-state index contributed by atoms with van der Waals surface area (Å²) in [5.41, 5.74) is 2.52. The molecule has 0 atom stereocenters. The van der Waals surface area contributed by atoms with Gasteiger partial charge < -0.3 is 10.0 Å². The van der Waals surface area contributed by atoms with Crippen molar-refractivity contribution in [2.24, 2.45) is 0 Å². The van der Waals surface area contributed by atoms with Gasteiger partial charge in [0.2, 0.25) is 0 Å². The number of aromatic carboxylic acids is 1. The molecule has 2 aromatic rings. The highest BCUT2D eigenvalue weighted by Gasteiger charge is 2.18. The smallest absolute Gasteiger partial charge is 0.348 e. The Hall–Kier alpha value is -1.72. The summed E-state index contributed by atoms with van der Waals surface area (Å²) in [7, 11) is 3.88. The van der Waals surface area contributed by atoms with E-state index in [2.05, 4.69) is 4.98 Å². The fourth-order valence-electron chi connectivity index (χ4n) is 1.84. The lowest BCUT2D eigenvalue weighted by Gasteiger charge is -2.05. The number of hydrogen-bond acceptors (Lipinski definition) is 4. The maximum atomic E-state index is 11.3. The first-order chi connectivity index (χ1) is 8.97. The third-order valence-electron chi connectivity index (χ3n) is 2.61. The van der Waals surface area contributed by atoms with Crippen molar-refractivity contribution in [2.75, 3.05) is 14.1 Å². The Bertz CT molecular complexity index is 605. The third kappa shape index (κ3) is 3.19. The molecule has 0 aliphatic carbocycles. The Labute approximate surface area is 116 Å². The van der Waals surface area contributed by atoms with Gasteiger partial charge in [-0.25, -0.2) is 9.78 Å². The summed E-state index contributed by atoms with van der Waals surface area (Å²) < 4.78 is 0. The molecule has 0 unspecified atom stereocenters. The van der Waals surface area contributed by atoms with Crippen LogP contribution >= 0.6 is 11.3 Å². The van der Waals surface area contributed by atoms with Crippen molar-refractivity contribution in [1.29, 1.82) is 0 Å². The van der Waals surface area contributed by atoms with Crippen LogP contribution in [0.5, 0.6) is 0 Å². The van der Waals surface area contributed by atoms with Crippen molar-refractivity contribution in [3.8, 4) is 11.3 Å². The summed E-state index contributed by atoms with van der Waals surface area (Å²) in [5.74, 6) is -0.918. The molecule has 0 aliphatic rings. The molecule has 1 heterocycles. The number of rotatable bonds is 4. The molecule has 0 fully saturated rings. The molecule has 1 aromatic heterocycles. The van der Waals surface area contributed by atoms with Gasteiger partial charge in [0.05, 0.1) is 5.69 Å². The molecular weight excluding hydrogens is 260 g/mol. The van der Waals surface area contributed by atoms with Gasteiger partial charge in [-0.2, -0.15) is 0 Å². The highest BCUT2D eigenvalue weighted by atomic mass is 32.1. The van der Waals surface area contributed by atoms with E-state index in [1.54, 1.807) is 0 Å². The molecule has 0 bridgehead atoms. The first kappa shape index (κ1) is 13.7. The molecule has 0 amide bonds. The van der Waals surface area contributed by atoms with Crippen LogP contribution in [-0.4, -0.2) is 35.1 Å². The van der Waals surface area contributed by atoms with Crippen LogP contribution in [0.4, 0.5) is 0 Å². The summed E-state index contributed by atoms with van der Waals surface area (Å²) in [6, 6.07) is 7.76. The Balaban J connectivity index is 2.49. The van der Waals surface area contributed by atoms with Crippen LogP contribution in [0.3, 0.4) is 0 Å². The Morgan fingerprint density at radius 2 is 2.16 bits per heavy atom. The van der Waals surface area contributed by atoms with Crippen molar-refractivity contribution < 1.29 is 9.90 Å². The van der Waals surface area contributed by atoms with E-state index in [1.807, 2.05) is 50.2 Å². The van der Waals surface area contributed by atoms with Gasteiger partial charge >= 0.3 is 5.97 Å². The number of hydrogen-bond donors (Lipinski definition) is 1. The fraction of sp³-hybridized carbons (Fsp3) is 0.286. The van der Waals surface area contributed by atoms with Gasteiger partial charge in [0.15, 0.2) is 0 Å². The number of nitrogens with zero attached hydrogens (tertiary/aromatic N) is 2. The van der Waals surface area contributed by atoms with E-state index < -0.39 is 5.97 Å². The lowest BCUT2D eigenvalue weighted by atomic mass is 10.1. The van der Waals surface area contributed by atoms with E-state index in [1.165, 1.54) is 11.3 Å². The lowest BCUT2D eigenvalue weighted by Crippen LogP contribution is -2.10. The van der Waals surface area contributed by atoms with Crippen LogP contribution < -0.4 is 0 Å². The molecule has 2 rings (SSSR count). The van der Waals surface area contributed by atoms with E-state index in [0.29, 0.717) is 17.1 Å². The Kier molecular flexibility index (Phi) is 3.97. The molecule has 4 nitrogen and oxygen atoms in total. The zero-order valence-corrected chi connectivity index (χ0v) is 12.0. The van der Waals surface area contributed by atoms with Crippen molar-refractivity contribution >= 4 is 17.3 Å². The number of thiazole rings is 1. The molecule has 1 aromatic carbocycles. The number of aromatic nitrogens is 1. The van der Waals surface area contributed by atoms with Crippen LogP contribution in [0, 0.1) is 6.92 Å². The maximum Gasteiger partial charge on any atom is 0.348 e. The SMILES string of the molecule is Cc1cccc(-c2nc(CN(C)C)sc2C(=O)O)c1. The average Bonchev–Trinajstić information content (AvgIpc) is 2.72. The minimum absolute atomic E-state index is 0.308. The lowest BCUT2D eigenvalue weighted by molar-refractivity contribution is 0.0702. The predicted octanol–water partition coefficient (Wildman–Crippen LogP) is 2.88.